The van der Waals surface area contributed by atoms with Crippen LogP contribution < -0.4 is 10.2 Å². The van der Waals surface area contributed by atoms with Crippen LogP contribution in [0.4, 0.5) is 29.2 Å². The van der Waals surface area contributed by atoms with Crippen molar-refractivity contribution < 1.29 is 17.6 Å². The number of nitrogens with zero attached hydrogens (tertiary/aromatic N) is 5. The summed E-state index contributed by atoms with van der Waals surface area (Å²) in [6.07, 6.45) is 0.608. The Morgan fingerprint density at radius 3 is 2.40 bits per heavy atom. The molecule has 0 atom stereocenters. The predicted molar refractivity (Wildman–Crippen MR) is 82.4 cm³/mol. The summed E-state index contributed by atoms with van der Waals surface area (Å²) >= 11 is 0. The maximum Gasteiger partial charge on any atom is 0.451 e. The molecular weight excluding hydrogens is 340 g/mol. The molecule has 1 fully saturated rings. The van der Waals surface area contributed by atoms with E-state index in [2.05, 4.69) is 25.3 Å². The summed E-state index contributed by atoms with van der Waals surface area (Å²) in [7, 11) is 0. The summed E-state index contributed by atoms with van der Waals surface area (Å²) in [5, 5.41) is 2.82. The average molecular weight is 356 g/mol. The van der Waals surface area contributed by atoms with Crippen LogP contribution in [0.1, 0.15) is 31.2 Å². The van der Waals surface area contributed by atoms with Gasteiger partial charge >= 0.3 is 6.18 Å². The number of anilines is 2. The summed E-state index contributed by atoms with van der Waals surface area (Å²) in [4.78, 5) is 16.3. The molecule has 2 aromatic heterocycles. The van der Waals surface area contributed by atoms with Crippen molar-refractivity contribution in [3.05, 3.63) is 35.9 Å². The van der Waals surface area contributed by atoms with E-state index < -0.39 is 17.8 Å². The topological polar surface area (TPSA) is 66.8 Å². The van der Waals surface area contributed by atoms with E-state index in [1.807, 2.05) is 6.92 Å². The van der Waals surface area contributed by atoms with Gasteiger partial charge in [-0.1, -0.05) is 0 Å². The van der Waals surface area contributed by atoms with Crippen LogP contribution in [-0.4, -0.2) is 32.5 Å². The Morgan fingerprint density at radius 1 is 1.16 bits per heavy atom. The molecule has 0 amide bonds. The van der Waals surface area contributed by atoms with E-state index in [1.165, 1.54) is 6.33 Å². The van der Waals surface area contributed by atoms with Crippen LogP contribution in [0.5, 0.6) is 0 Å². The summed E-state index contributed by atoms with van der Waals surface area (Å²) in [5.74, 6) is -1.56. The highest BCUT2D eigenvalue weighted by Gasteiger charge is 2.35. The van der Waals surface area contributed by atoms with Gasteiger partial charge in [0.05, 0.1) is 0 Å². The van der Waals surface area contributed by atoms with Gasteiger partial charge < -0.3 is 10.2 Å². The maximum absolute atomic E-state index is 14.6. The van der Waals surface area contributed by atoms with Gasteiger partial charge in [-0.05, 0) is 19.8 Å². The lowest BCUT2D eigenvalue weighted by Crippen LogP contribution is -2.28. The van der Waals surface area contributed by atoms with Crippen molar-refractivity contribution in [2.45, 2.75) is 38.5 Å². The van der Waals surface area contributed by atoms with Crippen molar-refractivity contribution in [2.24, 2.45) is 0 Å². The minimum absolute atomic E-state index is 0.0844. The van der Waals surface area contributed by atoms with Crippen LogP contribution in [0, 0.1) is 5.82 Å². The van der Waals surface area contributed by atoms with E-state index in [0.717, 1.165) is 25.2 Å². The van der Waals surface area contributed by atoms with Gasteiger partial charge in [-0.25, -0.2) is 19.9 Å². The van der Waals surface area contributed by atoms with Gasteiger partial charge in [0.15, 0.2) is 11.6 Å². The molecule has 1 saturated carbocycles. The summed E-state index contributed by atoms with van der Waals surface area (Å²) in [5.41, 5.74) is 0.447. The second-order valence-corrected chi connectivity index (χ2v) is 5.66. The van der Waals surface area contributed by atoms with Crippen LogP contribution >= 0.6 is 0 Å². The molecule has 134 valence electrons. The number of rotatable bonds is 6. The zero-order valence-corrected chi connectivity index (χ0v) is 13.4. The molecule has 2 heterocycles. The van der Waals surface area contributed by atoms with Gasteiger partial charge in [-0.15, -0.1) is 0 Å². The normalized spacial score (nSPS) is 14.4. The largest absolute Gasteiger partial charge is 0.451 e. The van der Waals surface area contributed by atoms with Gasteiger partial charge in [0.1, 0.15) is 6.33 Å². The van der Waals surface area contributed by atoms with E-state index in [0.29, 0.717) is 12.1 Å². The molecule has 0 aliphatic heterocycles. The van der Waals surface area contributed by atoms with Gasteiger partial charge in [-0.2, -0.15) is 17.6 Å². The van der Waals surface area contributed by atoms with Gasteiger partial charge in [0, 0.05) is 37.1 Å². The van der Waals surface area contributed by atoms with Crippen LogP contribution in [0.2, 0.25) is 0 Å². The molecule has 10 heteroatoms. The average Bonchev–Trinajstić information content (AvgIpc) is 3.40. The van der Waals surface area contributed by atoms with Crippen molar-refractivity contribution in [2.75, 3.05) is 16.8 Å². The fraction of sp³-hybridized carbons (Fsp3) is 0.467. The lowest BCUT2D eigenvalue weighted by atomic mass is 10.3. The van der Waals surface area contributed by atoms with Gasteiger partial charge in [0.2, 0.25) is 11.6 Å². The number of alkyl halides is 3. The van der Waals surface area contributed by atoms with E-state index >= 15 is 0 Å². The Kier molecular flexibility index (Phi) is 4.69. The van der Waals surface area contributed by atoms with Gasteiger partial charge in [-0.3, -0.25) is 0 Å². The predicted octanol–water partition coefficient (Wildman–Crippen LogP) is 3.03. The fourth-order valence-corrected chi connectivity index (χ4v) is 2.39. The SMILES string of the molecule is CCNc1ncnc(N(Cc2cnc(C(F)(F)F)nc2)C2CC2)c1F. The second kappa shape index (κ2) is 6.77. The van der Waals surface area contributed by atoms with Crippen LogP contribution in [0.25, 0.3) is 0 Å². The highest BCUT2D eigenvalue weighted by Crippen LogP contribution is 2.34. The molecule has 1 aliphatic rings. The minimum atomic E-state index is -4.59. The monoisotopic (exact) mass is 356 g/mol. The first-order valence-corrected chi connectivity index (χ1v) is 7.79. The quantitative estimate of drug-likeness (QED) is 0.803. The smallest absolute Gasteiger partial charge is 0.368 e. The summed E-state index contributed by atoms with van der Waals surface area (Å²) in [6, 6.07) is 0.0844. The first-order chi connectivity index (χ1) is 11.9. The zero-order chi connectivity index (χ0) is 18.0. The lowest BCUT2D eigenvalue weighted by Gasteiger charge is -2.24. The van der Waals surface area contributed by atoms with Crippen molar-refractivity contribution >= 4 is 11.6 Å². The van der Waals surface area contributed by atoms with Gasteiger partial charge in [0.25, 0.3) is 0 Å². The van der Waals surface area contributed by atoms with E-state index in [9.17, 15) is 17.6 Å². The molecule has 0 radical (unpaired) electrons. The van der Waals surface area contributed by atoms with E-state index in [1.54, 1.807) is 4.90 Å². The molecule has 0 unspecified atom stereocenters. The van der Waals surface area contributed by atoms with Crippen LogP contribution in [0.3, 0.4) is 0 Å². The van der Waals surface area contributed by atoms with Crippen molar-refractivity contribution in [1.29, 1.82) is 0 Å². The number of nitrogens with one attached hydrogen (secondary N) is 1. The molecule has 0 aromatic carbocycles. The van der Waals surface area contributed by atoms with Crippen LogP contribution in [-0.2, 0) is 12.7 Å². The Hall–Kier alpha value is -2.52. The summed E-state index contributed by atoms with van der Waals surface area (Å²) in [6.45, 7) is 2.49. The van der Waals surface area contributed by atoms with Crippen molar-refractivity contribution in [3.63, 3.8) is 0 Å². The molecule has 0 bridgehead atoms. The van der Waals surface area contributed by atoms with E-state index in [4.69, 9.17) is 0 Å². The third kappa shape index (κ3) is 3.94. The van der Waals surface area contributed by atoms with Crippen LogP contribution in [0.15, 0.2) is 18.7 Å². The lowest BCUT2D eigenvalue weighted by molar-refractivity contribution is -0.145. The number of aromatic nitrogens is 4. The fourth-order valence-electron chi connectivity index (χ4n) is 2.39. The zero-order valence-electron chi connectivity index (χ0n) is 13.4. The molecule has 6 nitrogen and oxygen atoms in total. The number of halogens is 4. The Balaban J connectivity index is 1.84. The number of hydrogen-bond donors (Lipinski definition) is 1. The standard InChI is InChI=1S/C15H16F4N6/c1-2-20-12-11(16)13(24-8-23-12)25(10-3-4-10)7-9-5-21-14(22-6-9)15(17,18)19/h5-6,8,10H,2-4,7H2,1H3,(H,20,23,24). The Bertz CT molecular complexity index is 730. The minimum Gasteiger partial charge on any atom is -0.368 e. The molecule has 2 aromatic rings. The molecule has 0 spiro atoms. The molecular formula is C15H16F4N6. The molecule has 1 aliphatic carbocycles. The molecule has 1 N–H and O–H groups in total. The molecule has 0 saturated heterocycles. The summed E-state index contributed by atoms with van der Waals surface area (Å²) < 4.78 is 52.3. The second-order valence-electron chi connectivity index (χ2n) is 5.66. The molecule has 3 rings (SSSR count). The highest BCUT2D eigenvalue weighted by molar-refractivity contribution is 5.52. The Labute approximate surface area is 141 Å². The first kappa shape index (κ1) is 17.3. The van der Waals surface area contributed by atoms with E-state index in [-0.39, 0.29) is 24.2 Å². The highest BCUT2D eigenvalue weighted by atomic mass is 19.4. The van der Waals surface area contributed by atoms with Crippen molar-refractivity contribution in [1.82, 2.24) is 19.9 Å². The third-order valence-corrected chi connectivity index (χ3v) is 3.69. The number of hydrogen-bond acceptors (Lipinski definition) is 6. The molecule has 25 heavy (non-hydrogen) atoms. The third-order valence-electron chi connectivity index (χ3n) is 3.69. The van der Waals surface area contributed by atoms with Crippen molar-refractivity contribution in [3.8, 4) is 0 Å². The Morgan fingerprint density at radius 2 is 1.84 bits per heavy atom. The maximum atomic E-state index is 14.6. The first-order valence-electron chi connectivity index (χ1n) is 7.79.